The average Bonchev–Trinajstić information content (AvgIpc) is 2.29. The van der Waals surface area contributed by atoms with Gasteiger partial charge in [0.05, 0.1) is 5.56 Å². The van der Waals surface area contributed by atoms with Crippen LogP contribution in [0.15, 0.2) is 29.2 Å². The standard InChI is InChI=1S/C12H16O3S/c1-15-8-2-3-9-16-11-6-4-10(5-7-11)12(13)14/h4-7H,2-3,8-9H2,1H3,(H,13,14). The fraction of sp³-hybridized carbons (Fsp3) is 0.417. The molecule has 0 spiro atoms. The number of ether oxygens (including phenoxy) is 1. The number of thioether (sulfide) groups is 1. The lowest BCUT2D eigenvalue weighted by Crippen LogP contribution is -1.95. The number of hydrogen-bond donors (Lipinski definition) is 1. The summed E-state index contributed by atoms with van der Waals surface area (Å²) in [6.45, 7) is 0.804. The van der Waals surface area contributed by atoms with Crippen molar-refractivity contribution in [2.45, 2.75) is 17.7 Å². The first-order valence-electron chi connectivity index (χ1n) is 5.19. The molecule has 1 aromatic carbocycles. The predicted octanol–water partition coefficient (Wildman–Crippen LogP) is 2.90. The second-order valence-electron chi connectivity index (χ2n) is 3.38. The highest BCUT2D eigenvalue weighted by molar-refractivity contribution is 7.99. The lowest BCUT2D eigenvalue weighted by Gasteiger charge is -2.02. The van der Waals surface area contributed by atoms with Gasteiger partial charge in [-0.15, -0.1) is 11.8 Å². The summed E-state index contributed by atoms with van der Waals surface area (Å²) in [5.74, 6) is 0.159. The lowest BCUT2D eigenvalue weighted by atomic mass is 10.2. The van der Waals surface area contributed by atoms with Crippen LogP contribution in [0.3, 0.4) is 0 Å². The third-order valence-electron chi connectivity index (χ3n) is 2.11. The zero-order chi connectivity index (χ0) is 11.8. The number of hydrogen-bond acceptors (Lipinski definition) is 3. The van der Waals surface area contributed by atoms with E-state index in [1.165, 1.54) is 0 Å². The van der Waals surface area contributed by atoms with E-state index in [1.807, 2.05) is 12.1 Å². The van der Waals surface area contributed by atoms with Crippen molar-refractivity contribution in [2.75, 3.05) is 19.5 Å². The summed E-state index contributed by atoms with van der Waals surface area (Å²) in [4.78, 5) is 11.7. The number of carbonyl (C=O) groups is 1. The van der Waals surface area contributed by atoms with Gasteiger partial charge in [0.15, 0.2) is 0 Å². The molecule has 0 saturated carbocycles. The van der Waals surface area contributed by atoms with Gasteiger partial charge in [-0.25, -0.2) is 4.79 Å². The summed E-state index contributed by atoms with van der Waals surface area (Å²) in [6, 6.07) is 6.98. The number of rotatable bonds is 7. The van der Waals surface area contributed by atoms with Crippen LogP contribution < -0.4 is 0 Å². The number of carboxylic acids is 1. The molecule has 0 saturated heterocycles. The normalized spacial score (nSPS) is 10.3. The molecule has 0 aliphatic carbocycles. The van der Waals surface area contributed by atoms with Crippen molar-refractivity contribution in [3.63, 3.8) is 0 Å². The Bertz CT molecular complexity index is 322. The molecular formula is C12H16O3S. The Morgan fingerprint density at radius 2 is 2.00 bits per heavy atom. The zero-order valence-electron chi connectivity index (χ0n) is 9.31. The Balaban J connectivity index is 2.29. The molecule has 1 rings (SSSR count). The summed E-state index contributed by atoms with van der Waals surface area (Å²) >= 11 is 1.74. The molecular weight excluding hydrogens is 224 g/mol. The molecule has 0 fully saturated rings. The molecule has 0 unspecified atom stereocenters. The van der Waals surface area contributed by atoms with Gasteiger partial charge in [-0.1, -0.05) is 0 Å². The Hall–Kier alpha value is -1.00. The third kappa shape index (κ3) is 4.68. The first-order valence-corrected chi connectivity index (χ1v) is 6.17. The highest BCUT2D eigenvalue weighted by atomic mass is 32.2. The molecule has 4 heteroatoms. The van der Waals surface area contributed by atoms with E-state index >= 15 is 0 Å². The van der Waals surface area contributed by atoms with Crippen LogP contribution in [0.4, 0.5) is 0 Å². The van der Waals surface area contributed by atoms with Crippen LogP contribution in [0.25, 0.3) is 0 Å². The van der Waals surface area contributed by atoms with E-state index in [-0.39, 0.29) is 0 Å². The molecule has 88 valence electrons. The van der Waals surface area contributed by atoms with Gasteiger partial charge in [0.2, 0.25) is 0 Å². The monoisotopic (exact) mass is 240 g/mol. The average molecular weight is 240 g/mol. The van der Waals surface area contributed by atoms with E-state index in [2.05, 4.69) is 0 Å². The van der Waals surface area contributed by atoms with Gasteiger partial charge in [0.25, 0.3) is 0 Å². The summed E-state index contributed by atoms with van der Waals surface area (Å²) in [7, 11) is 1.71. The zero-order valence-corrected chi connectivity index (χ0v) is 10.1. The number of benzene rings is 1. The summed E-state index contributed by atoms with van der Waals surface area (Å²) in [5.41, 5.74) is 0.337. The van der Waals surface area contributed by atoms with Crippen molar-refractivity contribution < 1.29 is 14.6 Å². The second-order valence-corrected chi connectivity index (χ2v) is 4.55. The van der Waals surface area contributed by atoms with Crippen LogP contribution in [0, 0.1) is 0 Å². The van der Waals surface area contributed by atoms with Gasteiger partial charge < -0.3 is 9.84 Å². The topological polar surface area (TPSA) is 46.5 Å². The van der Waals surface area contributed by atoms with E-state index in [4.69, 9.17) is 9.84 Å². The fourth-order valence-electron chi connectivity index (χ4n) is 1.23. The Labute approximate surface area is 99.8 Å². The molecule has 0 heterocycles. The maximum absolute atomic E-state index is 10.6. The molecule has 1 aromatic rings. The molecule has 0 amide bonds. The van der Waals surface area contributed by atoms with Crippen molar-refractivity contribution in [3.05, 3.63) is 29.8 Å². The number of methoxy groups -OCH3 is 1. The first-order chi connectivity index (χ1) is 7.74. The minimum Gasteiger partial charge on any atom is -0.478 e. The Morgan fingerprint density at radius 3 is 2.56 bits per heavy atom. The quantitative estimate of drug-likeness (QED) is 0.588. The van der Waals surface area contributed by atoms with Gasteiger partial charge in [-0.2, -0.15) is 0 Å². The first kappa shape index (κ1) is 13.1. The number of aromatic carboxylic acids is 1. The van der Waals surface area contributed by atoms with Crippen molar-refractivity contribution in [1.82, 2.24) is 0 Å². The van der Waals surface area contributed by atoms with Gasteiger partial charge >= 0.3 is 5.97 Å². The van der Waals surface area contributed by atoms with Gasteiger partial charge in [-0.05, 0) is 42.9 Å². The van der Waals surface area contributed by atoms with E-state index in [0.717, 1.165) is 30.1 Å². The molecule has 0 bridgehead atoms. The van der Waals surface area contributed by atoms with Crippen molar-refractivity contribution >= 4 is 17.7 Å². The smallest absolute Gasteiger partial charge is 0.335 e. The predicted molar refractivity (Wildman–Crippen MR) is 65.2 cm³/mol. The van der Waals surface area contributed by atoms with Gasteiger partial charge in [-0.3, -0.25) is 0 Å². The SMILES string of the molecule is COCCCCSc1ccc(C(=O)O)cc1. The molecule has 1 N–H and O–H groups in total. The largest absolute Gasteiger partial charge is 0.478 e. The van der Waals surface area contributed by atoms with Gasteiger partial charge in [0, 0.05) is 18.6 Å². The molecule has 0 aromatic heterocycles. The van der Waals surface area contributed by atoms with Crippen LogP contribution in [-0.4, -0.2) is 30.5 Å². The van der Waals surface area contributed by atoms with Crippen molar-refractivity contribution in [1.29, 1.82) is 0 Å². The van der Waals surface area contributed by atoms with Crippen LogP contribution in [0.2, 0.25) is 0 Å². The lowest BCUT2D eigenvalue weighted by molar-refractivity contribution is 0.0697. The second kappa shape index (κ2) is 7.30. The number of unbranched alkanes of at least 4 members (excludes halogenated alkanes) is 1. The van der Waals surface area contributed by atoms with E-state index in [9.17, 15) is 4.79 Å². The van der Waals surface area contributed by atoms with Crippen LogP contribution in [0.1, 0.15) is 23.2 Å². The Morgan fingerprint density at radius 1 is 1.31 bits per heavy atom. The minimum absolute atomic E-state index is 0.337. The van der Waals surface area contributed by atoms with E-state index < -0.39 is 5.97 Å². The highest BCUT2D eigenvalue weighted by Crippen LogP contribution is 2.19. The summed E-state index contributed by atoms with van der Waals surface area (Å²) in [5, 5.41) is 8.73. The molecule has 0 atom stereocenters. The molecule has 0 radical (unpaired) electrons. The van der Waals surface area contributed by atoms with Crippen LogP contribution >= 0.6 is 11.8 Å². The molecule has 3 nitrogen and oxygen atoms in total. The molecule has 0 aliphatic heterocycles. The van der Waals surface area contributed by atoms with Crippen molar-refractivity contribution in [2.24, 2.45) is 0 Å². The highest BCUT2D eigenvalue weighted by Gasteiger charge is 2.01. The van der Waals surface area contributed by atoms with E-state index in [1.54, 1.807) is 31.0 Å². The molecule has 0 aliphatic rings. The maximum atomic E-state index is 10.6. The van der Waals surface area contributed by atoms with Gasteiger partial charge in [0.1, 0.15) is 0 Å². The Kier molecular flexibility index (Phi) is 5.96. The number of carboxylic acid groups (broad SMARTS) is 1. The molecule has 16 heavy (non-hydrogen) atoms. The summed E-state index contributed by atoms with van der Waals surface area (Å²) in [6.07, 6.45) is 2.18. The van der Waals surface area contributed by atoms with Crippen LogP contribution in [0.5, 0.6) is 0 Å². The minimum atomic E-state index is -0.878. The fourth-order valence-corrected chi connectivity index (χ4v) is 2.14. The van der Waals surface area contributed by atoms with E-state index in [0.29, 0.717) is 5.56 Å². The van der Waals surface area contributed by atoms with Crippen LogP contribution in [-0.2, 0) is 4.74 Å². The summed E-state index contributed by atoms with van der Waals surface area (Å²) < 4.78 is 4.96. The maximum Gasteiger partial charge on any atom is 0.335 e. The third-order valence-corrected chi connectivity index (χ3v) is 3.21. The van der Waals surface area contributed by atoms with Crippen molar-refractivity contribution in [3.8, 4) is 0 Å².